The van der Waals surface area contributed by atoms with Gasteiger partial charge in [-0.3, -0.25) is 4.98 Å². The van der Waals surface area contributed by atoms with Gasteiger partial charge in [0, 0.05) is 29.9 Å². The average Bonchev–Trinajstić information content (AvgIpc) is 3.57. The third-order valence-electron chi connectivity index (χ3n) is 7.21. The summed E-state index contributed by atoms with van der Waals surface area (Å²) < 4.78 is 28.6. The van der Waals surface area contributed by atoms with E-state index in [2.05, 4.69) is 44.8 Å². The van der Waals surface area contributed by atoms with Gasteiger partial charge in [0.15, 0.2) is 0 Å². The monoisotopic (exact) mass is 625 g/mol. The SMILES string of the molecule is N#CCC[C@@H](Nc1c(C#N)cnc2c(Cl)cc(NC(C3=CN(C(F)(F)CO)NN3)c3cccc(C#N)c3)cc12)c1ccccc1. The molecule has 1 aromatic heterocycles. The predicted octanol–water partition coefficient (Wildman–Crippen LogP) is 5.99. The fraction of sp³-hybridized carbons (Fsp3) is 0.188. The fourth-order valence-electron chi connectivity index (χ4n) is 5.00. The van der Waals surface area contributed by atoms with E-state index in [-0.39, 0.29) is 28.7 Å². The molecular weight excluding hydrogens is 600 g/mol. The molecular formula is C32H26ClF2N9O. The van der Waals surface area contributed by atoms with E-state index in [0.717, 1.165) is 11.8 Å². The zero-order valence-corrected chi connectivity index (χ0v) is 24.4. The number of halogens is 3. The van der Waals surface area contributed by atoms with Crippen molar-refractivity contribution in [1.29, 1.82) is 15.8 Å². The Hall–Kier alpha value is -5.45. The Bertz CT molecular complexity index is 1870. The van der Waals surface area contributed by atoms with Gasteiger partial charge in [-0.2, -0.15) is 24.6 Å². The zero-order chi connectivity index (χ0) is 32.0. The molecule has 5 rings (SSSR count). The minimum Gasteiger partial charge on any atom is -0.388 e. The van der Waals surface area contributed by atoms with Crippen LogP contribution in [0.25, 0.3) is 10.9 Å². The van der Waals surface area contributed by atoms with Crippen LogP contribution in [0.5, 0.6) is 0 Å². The number of alkyl halides is 2. The molecule has 4 aromatic rings. The third kappa shape index (κ3) is 6.72. The van der Waals surface area contributed by atoms with Crippen LogP contribution in [0.2, 0.25) is 5.02 Å². The summed E-state index contributed by atoms with van der Waals surface area (Å²) >= 11 is 6.73. The zero-order valence-electron chi connectivity index (χ0n) is 23.6. The number of benzene rings is 3. The summed E-state index contributed by atoms with van der Waals surface area (Å²) in [6, 6.07) is 21.3. The summed E-state index contributed by atoms with van der Waals surface area (Å²) in [6.07, 6.45) is 3.30. The molecule has 2 heterocycles. The number of nitrogens with zero attached hydrogens (tertiary/aromatic N) is 5. The van der Waals surface area contributed by atoms with E-state index in [9.17, 15) is 29.7 Å². The van der Waals surface area contributed by atoms with Gasteiger partial charge in [0.1, 0.15) is 12.7 Å². The summed E-state index contributed by atoms with van der Waals surface area (Å²) in [5, 5.41) is 46.0. The lowest BCUT2D eigenvalue weighted by Crippen LogP contribution is -2.49. The van der Waals surface area contributed by atoms with Crippen LogP contribution in [-0.4, -0.2) is 27.8 Å². The van der Waals surface area contributed by atoms with Crippen LogP contribution in [-0.2, 0) is 0 Å². The Morgan fingerprint density at radius 2 is 1.78 bits per heavy atom. The average molecular weight is 626 g/mol. The number of rotatable bonds is 11. The summed E-state index contributed by atoms with van der Waals surface area (Å²) in [6.45, 7) is -1.42. The van der Waals surface area contributed by atoms with Gasteiger partial charge in [-0.05, 0) is 41.8 Å². The van der Waals surface area contributed by atoms with Gasteiger partial charge in [0.25, 0.3) is 0 Å². The van der Waals surface area contributed by atoms with E-state index >= 15 is 0 Å². The molecule has 0 radical (unpaired) electrons. The van der Waals surface area contributed by atoms with Crippen LogP contribution in [0, 0.1) is 34.0 Å². The standard InChI is InChI=1S/C32H26ClF2N9O/c33-26-14-24(40-30(22-9-4-6-20(12-22)15-37)28-18-44(43-42-28)32(34,35)19-45)13-25-29(23(16-38)17-39-31(25)26)41-27(10-5-11-36)21-7-2-1-3-8-21/h1-4,6-9,12-14,17-18,27,30,40,42-43,45H,5,10,19H2,(H,39,41)/t27-,30?/m1/s1. The number of nitriles is 3. The van der Waals surface area contributed by atoms with Crippen LogP contribution >= 0.6 is 11.6 Å². The van der Waals surface area contributed by atoms with Crippen molar-refractivity contribution in [2.24, 2.45) is 0 Å². The first-order valence-electron chi connectivity index (χ1n) is 13.8. The molecule has 10 nitrogen and oxygen atoms in total. The van der Waals surface area contributed by atoms with Crippen LogP contribution in [0.4, 0.5) is 20.2 Å². The normalized spacial score (nSPS) is 14.0. The number of aliphatic hydroxyl groups excluding tert-OH is 1. The minimum atomic E-state index is -3.60. The largest absolute Gasteiger partial charge is 0.388 e. The molecule has 45 heavy (non-hydrogen) atoms. The molecule has 0 saturated carbocycles. The molecule has 0 aliphatic carbocycles. The van der Waals surface area contributed by atoms with E-state index in [0.29, 0.717) is 44.8 Å². The molecule has 13 heteroatoms. The molecule has 5 N–H and O–H groups in total. The highest BCUT2D eigenvalue weighted by Gasteiger charge is 2.38. The molecule has 0 amide bonds. The van der Waals surface area contributed by atoms with Crippen molar-refractivity contribution in [3.8, 4) is 18.2 Å². The summed E-state index contributed by atoms with van der Waals surface area (Å²) in [5.41, 5.74) is 8.81. The van der Waals surface area contributed by atoms with Crippen molar-refractivity contribution in [2.75, 3.05) is 17.2 Å². The van der Waals surface area contributed by atoms with Gasteiger partial charge < -0.3 is 21.2 Å². The summed E-state index contributed by atoms with van der Waals surface area (Å²) in [4.78, 5) is 4.42. The first-order valence-corrected chi connectivity index (χ1v) is 14.1. The van der Waals surface area contributed by atoms with E-state index < -0.39 is 18.7 Å². The number of hydrazine groups is 2. The Morgan fingerprint density at radius 3 is 2.49 bits per heavy atom. The Labute approximate surface area is 262 Å². The van der Waals surface area contributed by atoms with Crippen LogP contribution < -0.4 is 21.6 Å². The smallest absolute Gasteiger partial charge is 0.362 e. The maximum Gasteiger partial charge on any atom is 0.362 e. The Morgan fingerprint density at radius 1 is 1.00 bits per heavy atom. The highest BCUT2D eigenvalue weighted by atomic mass is 35.5. The first-order chi connectivity index (χ1) is 21.8. The van der Waals surface area contributed by atoms with E-state index in [1.54, 1.807) is 36.4 Å². The van der Waals surface area contributed by atoms with Crippen LogP contribution in [0.1, 0.15) is 47.2 Å². The Kier molecular flexibility index (Phi) is 9.27. The second-order valence-corrected chi connectivity index (χ2v) is 10.6. The molecule has 0 spiro atoms. The summed E-state index contributed by atoms with van der Waals surface area (Å²) in [5.74, 6) is 0. The molecule has 2 atom stereocenters. The van der Waals surface area contributed by atoms with Crippen molar-refractivity contribution in [3.05, 3.63) is 112 Å². The van der Waals surface area contributed by atoms with Crippen LogP contribution in [0.3, 0.4) is 0 Å². The van der Waals surface area contributed by atoms with Crippen molar-refractivity contribution in [2.45, 2.75) is 31.0 Å². The molecule has 1 unspecified atom stereocenters. The van der Waals surface area contributed by atoms with E-state index in [4.69, 9.17) is 11.6 Å². The second-order valence-electron chi connectivity index (χ2n) is 10.1. The topological polar surface area (TPSA) is 156 Å². The highest BCUT2D eigenvalue weighted by molar-refractivity contribution is 6.35. The van der Waals surface area contributed by atoms with Gasteiger partial charge in [0.05, 0.1) is 57.3 Å². The maximum absolute atomic E-state index is 14.3. The number of aliphatic hydroxyl groups is 1. The van der Waals surface area contributed by atoms with Gasteiger partial charge >= 0.3 is 6.05 Å². The first kappa shape index (κ1) is 31.0. The number of hydrogen-bond donors (Lipinski definition) is 5. The quantitative estimate of drug-likeness (QED) is 0.125. The molecule has 0 fully saturated rings. The lowest BCUT2D eigenvalue weighted by Gasteiger charge is -2.24. The predicted molar refractivity (Wildman–Crippen MR) is 165 cm³/mol. The van der Waals surface area contributed by atoms with Crippen molar-refractivity contribution in [1.82, 2.24) is 21.0 Å². The molecule has 0 bridgehead atoms. The second kappa shape index (κ2) is 13.5. The van der Waals surface area contributed by atoms with E-state index in [1.165, 1.54) is 6.20 Å². The highest BCUT2D eigenvalue weighted by Crippen LogP contribution is 2.38. The van der Waals surface area contributed by atoms with Gasteiger partial charge in [-0.1, -0.05) is 54.1 Å². The number of hydrogen-bond acceptors (Lipinski definition) is 10. The molecule has 1 aliphatic rings. The molecule has 1 aliphatic heterocycles. The third-order valence-corrected chi connectivity index (χ3v) is 7.50. The van der Waals surface area contributed by atoms with E-state index in [1.807, 2.05) is 30.3 Å². The molecule has 226 valence electrons. The number of nitrogens with one attached hydrogen (secondary N) is 4. The van der Waals surface area contributed by atoms with Gasteiger partial charge in [-0.15, -0.1) is 5.53 Å². The number of anilines is 2. The fourth-order valence-corrected chi connectivity index (χ4v) is 5.26. The van der Waals surface area contributed by atoms with Crippen molar-refractivity contribution in [3.63, 3.8) is 0 Å². The number of aromatic nitrogens is 1. The van der Waals surface area contributed by atoms with Crippen LogP contribution in [0.15, 0.2) is 84.8 Å². The van der Waals surface area contributed by atoms with Crippen molar-refractivity contribution >= 4 is 33.9 Å². The van der Waals surface area contributed by atoms with Crippen molar-refractivity contribution < 1.29 is 13.9 Å². The lowest BCUT2D eigenvalue weighted by atomic mass is 9.99. The molecule has 3 aromatic carbocycles. The minimum absolute atomic E-state index is 0.261. The summed E-state index contributed by atoms with van der Waals surface area (Å²) in [7, 11) is 0. The Balaban J connectivity index is 1.60. The number of fused-ring (bicyclic) bond motifs is 1. The maximum atomic E-state index is 14.3. The number of pyridine rings is 1. The molecule has 0 saturated heterocycles. The van der Waals surface area contributed by atoms with Gasteiger partial charge in [0.2, 0.25) is 0 Å². The van der Waals surface area contributed by atoms with Gasteiger partial charge in [-0.25, -0.2) is 5.01 Å². The lowest BCUT2D eigenvalue weighted by molar-refractivity contribution is -0.171.